The van der Waals surface area contributed by atoms with E-state index in [1.165, 1.54) is 11.3 Å². The molecule has 1 aliphatic heterocycles. The molecule has 0 unspecified atom stereocenters. The van der Waals surface area contributed by atoms with Crippen LogP contribution in [-0.4, -0.2) is 21.5 Å². The molecule has 2 aromatic rings. The molecular weight excluding hydrogens is 396 g/mol. The summed E-state index contributed by atoms with van der Waals surface area (Å²) in [7, 11) is 0. The van der Waals surface area contributed by atoms with Crippen molar-refractivity contribution in [1.82, 2.24) is 20.3 Å². The summed E-state index contributed by atoms with van der Waals surface area (Å²) in [6.45, 7) is 4.03. The Morgan fingerprint density at radius 2 is 2.14 bits per heavy atom. The molecule has 0 aliphatic carbocycles. The molecule has 3 rings (SSSR count). The van der Waals surface area contributed by atoms with Gasteiger partial charge in [0.25, 0.3) is 0 Å². The minimum atomic E-state index is 0.721. The zero-order valence-electron chi connectivity index (χ0n) is 11.8. The first kappa shape index (κ1) is 15.1. The molecule has 0 saturated carbocycles. The van der Waals surface area contributed by atoms with E-state index >= 15 is 0 Å². The molecule has 21 heavy (non-hydrogen) atoms. The quantitative estimate of drug-likeness (QED) is 0.837. The molecule has 110 valence electrons. The molecule has 0 spiro atoms. The Balaban J connectivity index is 2.12. The lowest BCUT2D eigenvalue weighted by Gasteiger charge is -2.20. The van der Waals surface area contributed by atoms with E-state index < -0.39 is 0 Å². The molecule has 0 fully saturated rings. The summed E-state index contributed by atoms with van der Waals surface area (Å²) in [6.07, 6.45) is 4.80. The van der Waals surface area contributed by atoms with Crippen molar-refractivity contribution >= 4 is 31.9 Å². The fraction of sp³-hybridized carbons (Fsp3) is 0.400. The van der Waals surface area contributed by atoms with Crippen molar-refractivity contribution in [3.05, 3.63) is 38.2 Å². The Morgan fingerprint density at radius 3 is 2.90 bits per heavy atom. The van der Waals surface area contributed by atoms with Crippen LogP contribution in [-0.2, 0) is 19.4 Å². The number of hydrogen-bond donors (Lipinski definition) is 1. The first-order valence-corrected chi connectivity index (χ1v) is 8.68. The Hall–Kier alpha value is -0.850. The van der Waals surface area contributed by atoms with Crippen LogP contribution in [0.3, 0.4) is 0 Å². The summed E-state index contributed by atoms with van der Waals surface area (Å²) in [5.74, 6) is 0.721. The van der Waals surface area contributed by atoms with Crippen molar-refractivity contribution in [2.24, 2.45) is 0 Å². The highest BCUT2D eigenvalue weighted by Crippen LogP contribution is 2.28. The van der Waals surface area contributed by atoms with Crippen molar-refractivity contribution in [1.29, 1.82) is 0 Å². The number of fused-ring (bicyclic) bond motifs is 1. The molecule has 0 radical (unpaired) electrons. The smallest absolute Gasteiger partial charge is 0.179 e. The maximum atomic E-state index is 4.78. The third kappa shape index (κ3) is 3.17. The molecule has 6 heteroatoms. The summed E-state index contributed by atoms with van der Waals surface area (Å²) in [4.78, 5) is 14.0. The molecule has 2 aromatic heterocycles. The van der Waals surface area contributed by atoms with E-state index in [4.69, 9.17) is 9.97 Å². The van der Waals surface area contributed by atoms with E-state index in [2.05, 4.69) is 49.1 Å². The number of aromatic nitrogens is 3. The minimum Gasteiger partial charge on any atom is -0.312 e. The summed E-state index contributed by atoms with van der Waals surface area (Å²) in [5, 5.41) is 3.41. The van der Waals surface area contributed by atoms with Gasteiger partial charge in [-0.15, -0.1) is 0 Å². The van der Waals surface area contributed by atoms with E-state index in [1.807, 2.05) is 6.07 Å². The van der Waals surface area contributed by atoms with Gasteiger partial charge in [-0.2, -0.15) is 0 Å². The van der Waals surface area contributed by atoms with Gasteiger partial charge in [0.15, 0.2) is 5.82 Å². The van der Waals surface area contributed by atoms with Gasteiger partial charge in [-0.3, -0.25) is 4.98 Å². The van der Waals surface area contributed by atoms with Crippen LogP contribution in [0.4, 0.5) is 0 Å². The average molecular weight is 412 g/mol. The van der Waals surface area contributed by atoms with Crippen LogP contribution >= 0.6 is 31.9 Å². The minimum absolute atomic E-state index is 0.721. The van der Waals surface area contributed by atoms with E-state index in [0.29, 0.717) is 0 Å². The van der Waals surface area contributed by atoms with Crippen LogP contribution in [0.5, 0.6) is 0 Å². The maximum Gasteiger partial charge on any atom is 0.179 e. The van der Waals surface area contributed by atoms with Crippen molar-refractivity contribution < 1.29 is 0 Å². The van der Waals surface area contributed by atoms with Crippen LogP contribution in [0.1, 0.15) is 30.3 Å². The molecule has 1 aliphatic rings. The van der Waals surface area contributed by atoms with Gasteiger partial charge in [-0.25, -0.2) is 9.97 Å². The summed E-state index contributed by atoms with van der Waals surface area (Å²) >= 11 is 6.99. The van der Waals surface area contributed by atoms with Gasteiger partial charge in [0.1, 0.15) is 5.69 Å². The summed E-state index contributed by atoms with van der Waals surface area (Å²) in [5.41, 5.74) is 4.40. The SMILES string of the molecule is CCCc1nc(-c2ncc(Br)cc2Br)nc2c1CNCC2. The Bertz CT molecular complexity index is 673. The molecule has 0 amide bonds. The van der Waals surface area contributed by atoms with E-state index in [9.17, 15) is 0 Å². The lowest BCUT2D eigenvalue weighted by Crippen LogP contribution is -2.27. The monoisotopic (exact) mass is 410 g/mol. The second-order valence-corrected chi connectivity index (χ2v) is 6.85. The topological polar surface area (TPSA) is 50.7 Å². The first-order chi connectivity index (χ1) is 10.2. The van der Waals surface area contributed by atoms with Gasteiger partial charge in [0.05, 0.1) is 5.69 Å². The molecule has 0 aromatic carbocycles. The zero-order valence-corrected chi connectivity index (χ0v) is 15.0. The van der Waals surface area contributed by atoms with Crippen LogP contribution in [0, 0.1) is 0 Å². The molecular formula is C15H16Br2N4. The number of rotatable bonds is 3. The maximum absolute atomic E-state index is 4.78. The van der Waals surface area contributed by atoms with Gasteiger partial charge in [-0.1, -0.05) is 13.3 Å². The second-order valence-electron chi connectivity index (χ2n) is 5.08. The number of pyridine rings is 1. The highest BCUT2D eigenvalue weighted by Gasteiger charge is 2.19. The fourth-order valence-electron chi connectivity index (χ4n) is 2.54. The zero-order chi connectivity index (χ0) is 14.8. The number of nitrogens with one attached hydrogen (secondary N) is 1. The normalized spacial score (nSPS) is 14.0. The second kappa shape index (κ2) is 6.50. The average Bonchev–Trinajstić information content (AvgIpc) is 2.47. The van der Waals surface area contributed by atoms with Gasteiger partial charge in [0.2, 0.25) is 0 Å². The summed E-state index contributed by atoms with van der Waals surface area (Å²) < 4.78 is 1.85. The Labute approximate surface area is 141 Å². The van der Waals surface area contributed by atoms with Crippen molar-refractivity contribution in [2.75, 3.05) is 6.54 Å². The predicted octanol–water partition coefficient (Wildman–Crippen LogP) is 3.66. The van der Waals surface area contributed by atoms with Crippen LogP contribution in [0.15, 0.2) is 21.2 Å². The first-order valence-electron chi connectivity index (χ1n) is 7.10. The molecule has 1 N–H and O–H groups in total. The number of aryl methyl sites for hydroxylation is 1. The molecule has 0 atom stereocenters. The van der Waals surface area contributed by atoms with Gasteiger partial charge < -0.3 is 5.32 Å². The van der Waals surface area contributed by atoms with E-state index in [0.717, 1.165) is 58.5 Å². The Morgan fingerprint density at radius 1 is 1.29 bits per heavy atom. The van der Waals surface area contributed by atoms with Crippen LogP contribution in [0.25, 0.3) is 11.5 Å². The van der Waals surface area contributed by atoms with Gasteiger partial charge in [0, 0.05) is 45.9 Å². The number of nitrogens with zero attached hydrogens (tertiary/aromatic N) is 3. The summed E-state index contributed by atoms with van der Waals surface area (Å²) in [6, 6.07) is 1.98. The lowest BCUT2D eigenvalue weighted by atomic mass is 10.0. The standard InChI is InChI=1S/C15H16Br2N4/c1-2-3-12-10-8-18-5-4-13(10)21-15(20-12)14-11(17)6-9(16)7-19-14/h6-7,18H,2-5,8H2,1H3. The van der Waals surface area contributed by atoms with Crippen LogP contribution in [0.2, 0.25) is 0 Å². The van der Waals surface area contributed by atoms with Gasteiger partial charge >= 0.3 is 0 Å². The highest BCUT2D eigenvalue weighted by atomic mass is 79.9. The van der Waals surface area contributed by atoms with Crippen molar-refractivity contribution in [3.8, 4) is 11.5 Å². The lowest BCUT2D eigenvalue weighted by molar-refractivity contribution is 0.615. The van der Waals surface area contributed by atoms with Gasteiger partial charge in [-0.05, 0) is 44.3 Å². The Kier molecular flexibility index (Phi) is 4.66. The predicted molar refractivity (Wildman–Crippen MR) is 90.1 cm³/mol. The molecule has 3 heterocycles. The molecule has 4 nitrogen and oxygen atoms in total. The fourth-order valence-corrected chi connectivity index (χ4v) is 3.71. The largest absolute Gasteiger partial charge is 0.312 e. The van der Waals surface area contributed by atoms with Crippen molar-refractivity contribution in [2.45, 2.75) is 32.7 Å². The van der Waals surface area contributed by atoms with E-state index in [1.54, 1.807) is 6.20 Å². The molecule has 0 saturated heterocycles. The van der Waals surface area contributed by atoms with Crippen LogP contribution < -0.4 is 5.32 Å². The highest BCUT2D eigenvalue weighted by molar-refractivity contribution is 9.11. The number of halogens is 2. The third-order valence-corrected chi connectivity index (χ3v) is 4.56. The molecule has 0 bridgehead atoms. The van der Waals surface area contributed by atoms with Crippen molar-refractivity contribution in [3.63, 3.8) is 0 Å². The van der Waals surface area contributed by atoms with E-state index in [-0.39, 0.29) is 0 Å². The number of hydrogen-bond acceptors (Lipinski definition) is 4. The third-order valence-electron chi connectivity index (χ3n) is 3.53.